The van der Waals surface area contributed by atoms with Gasteiger partial charge in [0.25, 0.3) is 10.0 Å². The van der Waals surface area contributed by atoms with Gasteiger partial charge in [0.05, 0.1) is 5.03 Å². The molecule has 1 aromatic heterocycles. The molecule has 0 spiro atoms. The number of sulfonamides is 1. The number of anilines is 1. The van der Waals surface area contributed by atoms with Crippen LogP contribution in [0, 0.1) is 0 Å². The topological polar surface area (TPSA) is 76.9 Å². The van der Waals surface area contributed by atoms with Gasteiger partial charge in [-0.15, -0.1) is 10.2 Å². The summed E-state index contributed by atoms with van der Waals surface area (Å²) in [5.41, 5.74) is 1.67. The van der Waals surface area contributed by atoms with E-state index in [2.05, 4.69) is 19.5 Å². The number of halogens is 2. The molecule has 1 aliphatic rings. The van der Waals surface area contributed by atoms with Crippen molar-refractivity contribution in [3.63, 3.8) is 0 Å². The molecule has 1 aliphatic heterocycles. The fraction of sp³-hybridized carbons (Fsp3) is 0.238. The van der Waals surface area contributed by atoms with E-state index in [0.29, 0.717) is 11.3 Å². The van der Waals surface area contributed by atoms with Crippen LogP contribution in [0.2, 0.25) is 0 Å². The van der Waals surface area contributed by atoms with E-state index < -0.39 is 14.4 Å². The Morgan fingerprint density at radius 3 is 2.57 bits per heavy atom. The van der Waals surface area contributed by atoms with E-state index in [0.717, 1.165) is 49.4 Å². The number of aromatic nitrogens is 3. The zero-order valence-electron chi connectivity index (χ0n) is 16.1. The molecule has 0 saturated carbocycles. The van der Waals surface area contributed by atoms with Gasteiger partial charge in [0.1, 0.15) is 5.82 Å². The van der Waals surface area contributed by atoms with Crippen LogP contribution in [0.1, 0.15) is 30.7 Å². The first-order valence-electron chi connectivity index (χ1n) is 9.62. The van der Waals surface area contributed by atoms with Crippen molar-refractivity contribution in [2.75, 3.05) is 4.72 Å². The Morgan fingerprint density at radius 1 is 0.967 bits per heavy atom. The number of nitrogens with zero attached hydrogens (tertiary/aromatic N) is 3. The van der Waals surface area contributed by atoms with Crippen LogP contribution in [0.25, 0.3) is 16.4 Å². The fourth-order valence-corrected chi connectivity index (χ4v) is 4.97. The molecule has 0 radical (unpaired) electrons. The van der Waals surface area contributed by atoms with Gasteiger partial charge in [-0.25, -0.2) is 8.42 Å². The minimum absolute atomic E-state index is 0.0382. The highest BCUT2D eigenvalue weighted by Crippen LogP contribution is 2.31. The average Bonchev–Trinajstić information content (AvgIpc) is 3.01. The van der Waals surface area contributed by atoms with E-state index in [9.17, 15) is 8.42 Å². The highest BCUT2D eigenvalue weighted by molar-refractivity contribution is 7.98. The number of nitrogens with one attached hydrogen (secondary N) is 1. The quantitative estimate of drug-likeness (QED) is 0.563. The zero-order chi connectivity index (χ0) is 21.1. The third-order valence-electron chi connectivity index (χ3n) is 4.92. The molecule has 1 N–H and O–H groups in total. The first-order valence-corrected chi connectivity index (χ1v) is 11.9. The number of fused-ring (bicyclic) bond motifs is 1. The van der Waals surface area contributed by atoms with Gasteiger partial charge in [-0.1, -0.05) is 72.1 Å². The normalized spacial score (nSPS) is 15.1. The SMILES string of the molecule is O=S(=O)(Nc1cccc(-c2nnc3n2CCCCC3)c1)/C(Cl)=C(\Cl)c1ccccc1. The summed E-state index contributed by atoms with van der Waals surface area (Å²) in [6.45, 7) is 0.856. The lowest BCUT2D eigenvalue weighted by molar-refractivity contribution is 0.609. The molecule has 4 rings (SSSR count). The summed E-state index contributed by atoms with van der Waals surface area (Å²) in [7, 11) is -4.05. The molecule has 0 fully saturated rings. The predicted molar refractivity (Wildman–Crippen MR) is 121 cm³/mol. The van der Waals surface area contributed by atoms with Gasteiger partial charge in [-0.3, -0.25) is 4.72 Å². The lowest BCUT2D eigenvalue weighted by Gasteiger charge is -2.11. The van der Waals surface area contributed by atoms with E-state index in [1.54, 1.807) is 42.5 Å². The largest absolute Gasteiger partial charge is 0.311 e. The van der Waals surface area contributed by atoms with Gasteiger partial charge in [0.2, 0.25) is 0 Å². The maximum atomic E-state index is 12.8. The molecule has 2 aromatic carbocycles. The Labute approximate surface area is 185 Å². The van der Waals surface area contributed by atoms with Crippen LogP contribution in [0.15, 0.2) is 59.0 Å². The molecule has 0 aliphatic carbocycles. The van der Waals surface area contributed by atoms with Crippen LogP contribution >= 0.6 is 23.2 Å². The minimum atomic E-state index is -4.05. The highest BCUT2D eigenvalue weighted by Gasteiger charge is 2.22. The van der Waals surface area contributed by atoms with Crippen molar-refractivity contribution >= 4 is 43.9 Å². The Hall–Kier alpha value is -2.35. The van der Waals surface area contributed by atoms with Gasteiger partial charge in [-0.05, 0) is 30.5 Å². The highest BCUT2D eigenvalue weighted by atomic mass is 35.5. The van der Waals surface area contributed by atoms with Crippen molar-refractivity contribution in [1.29, 1.82) is 0 Å². The Kier molecular flexibility index (Phi) is 6.13. The first kappa shape index (κ1) is 20.9. The van der Waals surface area contributed by atoms with E-state index >= 15 is 0 Å². The van der Waals surface area contributed by atoms with Crippen LogP contribution in [0.3, 0.4) is 0 Å². The van der Waals surface area contributed by atoms with Crippen molar-refractivity contribution in [3.8, 4) is 11.4 Å². The van der Waals surface area contributed by atoms with Crippen molar-refractivity contribution in [2.45, 2.75) is 32.2 Å². The molecule has 156 valence electrons. The van der Waals surface area contributed by atoms with Gasteiger partial charge in [-0.2, -0.15) is 0 Å². The van der Waals surface area contributed by atoms with Gasteiger partial charge in [0, 0.05) is 24.2 Å². The molecular formula is C21H20Cl2N4O2S. The molecular weight excluding hydrogens is 443 g/mol. The summed E-state index contributed by atoms with van der Waals surface area (Å²) in [4.78, 5) is 0. The van der Waals surface area contributed by atoms with Gasteiger partial charge < -0.3 is 4.57 Å². The lowest BCUT2D eigenvalue weighted by atomic mass is 10.2. The monoisotopic (exact) mass is 462 g/mol. The molecule has 9 heteroatoms. The number of aryl methyl sites for hydroxylation is 1. The summed E-state index contributed by atoms with van der Waals surface area (Å²) in [5.74, 6) is 1.70. The number of benzene rings is 2. The number of rotatable bonds is 5. The molecule has 3 aromatic rings. The van der Waals surface area contributed by atoms with Crippen molar-refractivity contribution in [3.05, 3.63) is 70.3 Å². The summed E-state index contributed by atoms with van der Waals surface area (Å²) >= 11 is 12.4. The van der Waals surface area contributed by atoms with Crippen molar-refractivity contribution in [1.82, 2.24) is 14.8 Å². The van der Waals surface area contributed by atoms with Crippen LogP contribution in [-0.2, 0) is 23.0 Å². The molecule has 6 nitrogen and oxygen atoms in total. The van der Waals surface area contributed by atoms with Crippen LogP contribution in [0.5, 0.6) is 0 Å². The van der Waals surface area contributed by atoms with E-state index in [1.165, 1.54) is 0 Å². The second-order valence-corrected chi connectivity index (χ2v) is 9.64. The Balaban J connectivity index is 1.63. The Morgan fingerprint density at radius 2 is 1.77 bits per heavy atom. The molecule has 0 atom stereocenters. The smallest absolute Gasteiger partial charge is 0.274 e. The predicted octanol–water partition coefficient (Wildman–Crippen LogP) is 5.22. The molecule has 2 heterocycles. The number of hydrogen-bond donors (Lipinski definition) is 1. The van der Waals surface area contributed by atoms with Crippen molar-refractivity contribution < 1.29 is 8.42 Å². The fourth-order valence-electron chi connectivity index (χ4n) is 3.44. The first-order chi connectivity index (χ1) is 14.5. The van der Waals surface area contributed by atoms with E-state index in [1.807, 2.05) is 12.1 Å². The summed E-state index contributed by atoms with van der Waals surface area (Å²) < 4.78 is 29.7. The molecule has 0 saturated heterocycles. The van der Waals surface area contributed by atoms with Gasteiger partial charge >= 0.3 is 0 Å². The second-order valence-electron chi connectivity index (χ2n) is 7.04. The molecule has 0 bridgehead atoms. The van der Waals surface area contributed by atoms with Crippen LogP contribution < -0.4 is 4.72 Å². The summed E-state index contributed by atoms with van der Waals surface area (Å²) in [6, 6.07) is 15.7. The third-order valence-corrected chi connectivity index (χ3v) is 7.51. The zero-order valence-corrected chi connectivity index (χ0v) is 18.4. The average molecular weight is 463 g/mol. The Bertz CT molecular complexity index is 1190. The van der Waals surface area contributed by atoms with Crippen LogP contribution in [-0.4, -0.2) is 23.2 Å². The number of hydrogen-bond acceptors (Lipinski definition) is 4. The maximum Gasteiger partial charge on any atom is 0.274 e. The van der Waals surface area contributed by atoms with E-state index in [-0.39, 0.29) is 5.03 Å². The molecule has 30 heavy (non-hydrogen) atoms. The maximum absolute atomic E-state index is 12.8. The second kappa shape index (κ2) is 8.79. The summed E-state index contributed by atoms with van der Waals surface area (Å²) in [6.07, 6.45) is 4.24. The molecule has 0 amide bonds. The van der Waals surface area contributed by atoms with Crippen molar-refractivity contribution in [2.24, 2.45) is 0 Å². The standard InChI is InChI=1S/C21H20Cl2N4O2S/c22-19(15-8-3-1-4-9-15)20(23)30(28,29)26-17-11-7-10-16(14-17)21-25-24-18-12-5-2-6-13-27(18)21/h1,3-4,7-11,14,26H,2,5-6,12-13H2/b20-19-. The molecule has 0 unspecified atom stereocenters. The minimum Gasteiger partial charge on any atom is -0.311 e. The van der Waals surface area contributed by atoms with Gasteiger partial charge in [0.15, 0.2) is 10.2 Å². The lowest BCUT2D eigenvalue weighted by Crippen LogP contribution is -2.13. The third kappa shape index (κ3) is 4.38. The van der Waals surface area contributed by atoms with E-state index in [4.69, 9.17) is 23.2 Å². The summed E-state index contributed by atoms with van der Waals surface area (Å²) in [5, 5.41) is 8.60. The van der Waals surface area contributed by atoms with Crippen LogP contribution in [0.4, 0.5) is 5.69 Å².